The molecule has 0 unspecified atom stereocenters. The van der Waals surface area contributed by atoms with Gasteiger partial charge >= 0.3 is 0 Å². The van der Waals surface area contributed by atoms with Crippen molar-refractivity contribution < 1.29 is 4.79 Å². The molecule has 0 aromatic carbocycles. The molecule has 0 radical (unpaired) electrons. The normalized spacial score (nSPS) is 8.50. The van der Waals surface area contributed by atoms with Gasteiger partial charge in [-0.05, 0) is 24.5 Å². The van der Waals surface area contributed by atoms with E-state index in [-0.39, 0.29) is 0 Å². The molecule has 1 aromatic heterocycles. The number of aldehydes is 1. The quantitative estimate of drug-likeness (QED) is 0.344. The van der Waals surface area contributed by atoms with E-state index in [1.54, 1.807) is 12.3 Å². The van der Waals surface area contributed by atoms with Gasteiger partial charge in [-0.3, -0.25) is 4.79 Å². The van der Waals surface area contributed by atoms with Crippen molar-refractivity contribution in [2.45, 2.75) is 6.92 Å². The molecule has 0 fully saturated rings. The zero-order chi connectivity index (χ0) is 8.97. The molecule has 1 heterocycles. The smallest absolute Gasteiger partial charge is 0.193 e. The number of aryl methyl sites for hydroxylation is 1. The Morgan fingerprint density at radius 1 is 1.67 bits per heavy atom. The van der Waals surface area contributed by atoms with Crippen LogP contribution in [0.2, 0.25) is 5.15 Å². The van der Waals surface area contributed by atoms with Crippen molar-refractivity contribution in [2.24, 2.45) is 0 Å². The van der Waals surface area contributed by atoms with Crippen molar-refractivity contribution in [1.29, 1.82) is 0 Å². The SMILES string of the molecule is Cc1cnc(Cl)c(C#CC=O)c1. The molecule has 0 aliphatic carbocycles. The van der Waals surface area contributed by atoms with E-state index in [4.69, 9.17) is 11.6 Å². The third kappa shape index (κ3) is 2.08. The molecule has 0 spiro atoms. The zero-order valence-electron chi connectivity index (χ0n) is 6.47. The number of rotatable bonds is 0. The van der Waals surface area contributed by atoms with Gasteiger partial charge in [-0.25, -0.2) is 4.98 Å². The minimum atomic E-state index is 0.329. The van der Waals surface area contributed by atoms with E-state index in [9.17, 15) is 4.79 Å². The number of halogens is 1. The monoisotopic (exact) mass is 179 g/mol. The lowest BCUT2D eigenvalue weighted by Gasteiger charge is -1.95. The molecule has 0 aliphatic heterocycles. The first-order valence-corrected chi connectivity index (χ1v) is 3.69. The molecule has 0 bridgehead atoms. The summed E-state index contributed by atoms with van der Waals surface area (Å²) >= 11 is 5.70. The molecular weight excluding hydrogens is 174 g/mol. The van der Waals surface area contributed by atoms with Gasteiger partial charge in [-0.1, -0.05) is 17.5 Å². The zero-order valence-corrected chi connectivity index (χ0v) is 7.22. The minimum absolute atomic E-state index is 0.329. The summed E-state index contributed by atoms with van der Waals surface area (Å²) in [6, 6.07) is 1.78. The molecule has 12 heavy (non-hydrogen) atoms. The van der Waals surface area contributed by atoms with Gasteiger partial charge in [0.1, 0.15) is 5.15 Å². The summed E-state index contributed by atoms with van der Waals surface area (Å²) in [5, 5.41) is 0.329. The Bertz CT molecular complexity index is 363. The highest BCUT2D eigenvalue weighted by molar-refractivity contribution is 6.30. The summed E-state index contributed by atoms with van der Waals surface area (Å²) in [4.78, 5) is 13.8. The predicted octanol–water partition coefficient (Wildman–Crippen LogP) is 1.59. The van der Waals surface area contributed by atoms with Crippen molar-refractivity contribution in [3.8, 4) is 11.8 Å². The second kappa shape index (κ2) is 3.89. The first kappa shape index (κ1) is 8.76. The van der Waals surface area contributed by atoms with Gasteiger partial charge in [0.2, 0.25) is 0 Å². The summed E-state index contributed by atoms with van der Waals surface area (Å²) < 4.78 is 0. The number of pyridine rings is 1. The lowest BCUT2D eigenvalue weighted by molar-refractivity contribution is -0.103. The largest absolute Gasteiger partial charge is 0.289 e. The lowest BCUT2D eigenvalue weighted by Crippen LogP contribution is -1.84. The highest BCUT2D eigenvalue weighted by Crippen LogP contribution is 2.11. The van der Waals surface area contributed by atoms with E-state index in [0.29, 0.717) is 17.0 Å². The average molecular weight is 180 g/mol. The van der Waals surface area contributed by atoms with Crippen LogP contribution in [0.3, 0.4) is 0 Å². The number of nitrogens with zero attached hydrogens (tertiary/aromatic N) is 1. The maximum atomic E-state index is 9.94. The molecule has 0 saturated carbocycles. The number of hydrogen-bond donors (Lipinski definition) is 0. The molecule has 3 heteroatoms. The standard InChI is InChI=1S/C9H6ClNO/c1-7-5-8(3-2-4-12)9(10)11-6-7/h4-6H,1H3. The van der Waals surface area contributed by atoms with Crippen LogP contribution in [0.1, 0.15) is 11.1 Å². The second-order valence-corrected chi connectivity index (χ2v) is 2.60. The Hall–Kier alpha value is -1.33. The topological polar surface area (TPSA) is 30.0 Å². The number of hydrogen-bond acceptors (Lipinski definition) is 2. The summed E-state index contributed by atoms with van der Waals surface area (Å²) in [7, 11) is 0. The van der Waals surface area contributed by atoms with E-state index in [0.717, 1.165) is 5.56 Å². The van der Waals surface area contributed by atoms with Crippen molar-refractivity contribution in [1.82, 2.24) is 4.98 Å². The molecule has 60 valence electrons. The fourth-order valence-corrected chi connectivity index (χ4v) is 0.898. The van der Waals surface area contributed by atoms with Crippen LogP contribution < -0.4 is 0 Å². The number of carbonyl (C=O) groups is 1. The van der Waals surface area contributed by atoms with Crippen molar-refractivity contribution in [3.05, 3.63) is 28.5 Å². The Kier molecular flexibility index (Phi) is 2.84. The highest BCUT2D eigenvalue weighted by atomic mass is 35.5. The molecule has 0 saturated heterocycles. The Morgan fingerprint density at radius 2 is 2.42 bits per heavy atom. The maximum Gasteiger partial charge on any atom is 0.193 e. The van der Waals surface area contributed by atoms with Crippen LogP contribution in [0.4, 0.5) is 0 Å². The molecule has 0 amide bonds. The van der Waals surface area contributed by atoms with Crippen molar-refractivity contribution in [3.63, 3.8) is 0 Å². The van der Waals surface area contributed by atoms with E-state index in [2.05, 4.69) is 16.8 Å². The van der Waals surface area contributed by atoms with Crippen molar-refractivity contribution >= 4 is 17.9 Å². The molecular formula is C9H6ClNO. The highest BCUT2D eigenvalue weighted by Gasteiger charge is 1.96. The molecule has 0 atom stereocenters. The van der Waals surface area contributed by atoms with Gasteiger partial charge in [0.25, 0.3) is 0 Å². The van der Waals surface area contributed by atoms with Crippen LogP contribution in [0.5, 0.6) is 0 Å². The van der Waals surface area contributed by atoms with Gasteiger partial charge in [0.05, 0.1) is 5.56 Å². The lowest BCUT2D eigenvalue weighted by atomic mass is 10.2. The molecule has 1 rings (SSSR count). The minimum Gasteiger partial charge on any atom is -0.289 e. The Balaban J connectivity index is 3.13. The fraction of sp³-hybridized carbons (Fsp3) is 0.111. The van der Waals surface area contributed by atoms with Gasteiger partial charge in [-0.15, -0.1) is 0 Å². The summed E-state index contributed by atoms with van der Waals surface area (Å²) in [6.07, 6.45) is 2.17. The van der Waals surface area contributed by atoms with Crippen LogP contribution >= 0.6 is 11.6 Å². The van der Waals surface area contributed by atoms with Gasteiger partial charge in [0, 0.05) is 6.20 Å². The van der Waals surface area contributed by atoms with E-state index >= 15 is 0 Å². The summed E-state index contributed by atoms with van der Waals surface area (Å²) in [6.45, 7) is 1.88. The first-order chi connectivity index (χ1) is 5.74. The van der Waals surface area contributed by atoms with Gasteiger partial charge in [0.15, 0.2) is 6.29 Å². The molecule has 1 aromatic rings. The first-order valence-electron chi connectivity index (χ1n) is 3.31. The van der Waals surface area contributed by atoms with Gasteiger partial charge < -0.3 is 0 Å². The van der Waals surface area contributed by atoms with E-state index < -0.39 is 0 Å². The summed E-state index contributed by atoms with van der Waals surface area (Å²) in [5.74, 6) is 4.87. The molecule has 0 N–H and O–H groups in total. The van der Waals surface area contributed by atoms with Gasteiger partial charge in [-0.2, -0.15) is 0 Å². The van der Waals surface area contributed by atoms with Crippen LogP contribution in [0.25, 0.3) is 0 Å². The van der Waals surface area contributed by atoms with Crippen LogP contribution in [-0.4, -0.2) is 11.3 Å². The van der Waals surface area contributed by atoms with Crippen molar-refractivity contribution in [2.75, 3.05) is 0 Å². The Labute approximate surface area is 75.6 Å². The third-order valence-electron chi connectivity index (χ3n) is 1.24. The van der Waals surface area contributed by atoms with E-state index in [1.165, 1.54) is 0 Å². The maximum absolute atomic E-state index is 9.94. The predicted molar refractivity (Wildman–Crippen MR) is 46.9 cm³/mol. The number of carbonyl (C=O) groups excluding carboxylic acids is 1. The summed E-state index contributed by atoms with van der Waals surface area (Å²) in [5.41, 5.74) is 1.55. The fourth-order valence-electron chi connectivity index (χ4n) is 0.747. The molecule has 2 nitrogen and oxygen atoms in total. The van der Waals surface area contributed by atoms with Crippen LogP contribution in [-0.2, 0) is 4.79 Å². The Morgan fingerprint density at radius 3 is 3.08 bits per heavy atom. The second-order valence-electron chi connectivity index (χ2n) is 2.24. The van der Waals surface area contributed by atoms with Crippen LogP contribution in [0, 0.1) is 18.8 Å². The van der Waals surface area contributed by atoms with E-state index in [1.807, 2.05) is 6.92 Å². The average Bonchev–Trinajstić information content (AvgIpc) is 2.07. The third-order valence-corrected chi connectivity index (χ3v) is 1.54. The van der Waals surface area contributed by atoms with Crippen LogP contribution in [0.15, 0.2) is 12.3 Å². The number of aromatic nitrogens is 1. The molecule has 0 aliphatic rings.